The van der Waals surface area contributed by atoms with Crippen molar-refractivity contribution in [1.29, 1.82) is 0 Å². The number of halogens is 2. The molecular formula is C23H21ClFN5O. The predicted molar refractivity (Wildman–Crippen MR) is 122 cm³/mol. The van der Waals surface area contributed by atoms with Crippen molar-refractivity contribution < 1.29 is 9.18 Å². The molecule has 2 N–H and O–H groups in total. The van der Waals surface area contributed by atoms with Crippen molar-refractivity contribution in [2.75, 3.05) is 32.5 Å². The number of hydrogen-bond acceptors (Lipinski definition) is 5. The van der Waals surface area contributed by atoms with Crippen molar-refractivity contribution >= 4 is 39.9 Å². The van der Waals surface area contributed by atoms with Gasteiger partial charge in [-0.3, -0.25) is 4.79 Å². The summed E-state index contributed by atoms with van der Waals surface area (Å²) in [5.74, 6) is 5.83. The van der Waals surface area contributed by atoms with Gasteiger partial charge in [0.05, 0.1) is 17.1 Å². The van der Waals surface area contributed by atoms with Gasteiger partial charge in [-0.15, -0.1) is 0 Å². The molecule has 0 radical (unpaired) electrons. The molecule has 6 nitrogen and oxygen atoms in total. The average molecular weight is 438 g/mol. The van der Waals surface area contributed by atoms with E-state index in [0.29, 0.717) is 18.1 Å². The van der Waals surface area contributed by atoms with Crippen LogP contribution in [0.3, 0.4) is 0 Å². The Labute approximate surface area is 185 Å². The van der Waals surface area contributed by atoms with Crippen LogP contribution in [-0.4, -0.2) is 48.0 Å². The Morgan fingerprint density at radius 1 is 1.23 bits per heavy atom. The molecule has 0 saturated heterocycles. The molecule has 3 aromatic rings. The summed E-state index contributed by atoms with van der Waals surface area (Å²) in [6.07, 6.45) is 4.73. The number of fused-ring (bicyclic) bond motifs is 1. The van der Waals surface area contributed by atoms with Gasteiger partial charge in [-0.1, -0.05) is 29.5 Å². The topological polar surface area (TPSA) is 70.2 Å². The second-order valence-electron chi connectivity index (χ2n) is 6.89. The second-order valence-corrected chi connectivity index (χ2v) is 7.30. The molecule has 0 fully saturated rings. The van der Waals surface area contributed by atoms with Gasteiger partial charge in [0.25, 0.3) is 0 Å². The Morgan fingerprint density at radius 3 is 2.84 bits per heavy atom. The van der Waals surface area contributed by atoms with Crippen LogP contribution in [-0.2, 0) is 4.79 Å². The Hall–Kier alpha value is -3.47. The van der Waals surface area contributed by atoms with E-state index < -0.39 is 5.82 Å². The predicted octanol–water partition coefficient (Wildman–Crippen LogP) is 3.75. The Morgan fingerprint density at radius 2 is 2.06 bits per heavy atom. The summed E-state index contributed by atoms with van der Waals surface area (Å²) in [6, 6.07) is 9.90. The molecule has 0 bridgehead atoms. The Kier molecular flexibility index (Phi) is 7.55. The lowest BCUT2D eigenvalue weighted by Gasteiger charge is -2.09. The van der Waals surface area contributed by atoms with Crippen molar-refractivity contribution in [3.8, 4) is 11.8 Å². The molecule has 1 aromatic heterocycles. The Bertz CT molecular complexity index is 1180. The number of nitrogens with one attached hydrogen (secondary N) is 2. The lowest BCUT2D eigenvalue weighted by Crippen LogP contribution is -2.21. The Balaban J connectivity index is 1.71. The summed E-state index contributed by atoms with van der Waals surface area (Å²) < 4.78 is 13.4. The standard InChI is InChI=1S/C23H21ClFN5O/c1-30(2)12-4-6-22(31)26-11-3-5-16-7-10-21-18(13-16)23(28-15-27-21)29-17-8-9-20(25)19(24)14-17/h4,6-10,13-15H,11-12H2,1-2H3,(H,26,31)(H,27,28,29)/b6-4+. The number of hydrogen-bond donors (Lipinski definition) is 2. The van der Waals surface area contributed by atoms with Crippen LogP contribution in [0.2, 0.25) is 5.02 Å². The van der Waals surface area contributed by atoms with E-state index in [0.717, 1.165) is 16.5 Å². The molecule has 0 saturated carbocycles. The molecule has 0 spiro atoms. The average Bonchev–Trinajstić information content (AvgIpc) is 2.74. The van der Waals surface area contributed by atoms with E-state index >= 15 is 0 Å². The van der Waals surface area contributed by atoms with E-state index in [9.17, 15) is 9.18 Å². The van der Waals surface area contributed by atoms with Crippen molar-refractivity contribution in [1.82, 2.24) is 20.2 Å². The monoisotopic (exact) mass is 437 g/mol. The molecule has 1 heterocycles. The fraction of sp³-hybridized carbons (Fsp3) is 0.174. The highest BCUT2D eigenvalue weighted by atomic mass is 35.5. The zero-order valence-electron chi connectivity index (χ0n) is 17.1. The van der Waals surface area contributed by atoms with Crippen LogP contribution >= 0.6 is 11.6 Å². The molecule has 2 aromatic carbocycles. The number of rotatable bonds is 6. The van der Waals surface area contributed by atoms with Crippen LogP contribution in [0.4, 0.5) is 15.9 Å². The van der Waals surface area contributed by atoms with E-state index in [2.05, 4.69) is 32.4 Å². The van der Waals surface area contributed by atoms with E-state index in [1.165, 1.54) is 24.5 Å². The molecule has 0 atom stereocenters. The maximum atomic E-state index is 13.4. The number of benzene rings is 2. The number of amides is 1. The number of anilines is 2. The second kappa shape index (κ2) is 10.5. The molecule has 0 unspecified atom stereocenters. The van der Waals surface area contributed by atoms with E-state index in [1.54, 1.807) is 12.1 Å². The lowest BCUT2D eigenvalue weighted by molar-refractivity contribution is -0.116. The molecule has 3 rings (SSSR count). The minimum absolute atomic E-state index is 0.0218. The number of likely N-dealkylation sites (N-methyl/N-ethyl adjacent to an activating group) is 1. The number of carbonyl (C=O) groups is 1. The van der Waals surface area contributed by atoms with Crippen molar-refractivity contribution in [2.24, 2.45) is 0 Å². The van der Waals surface area contributed by atoms with Crippen molar-refractivity contribution in [3.05, 3.63) is 71.3 Å². The van der Waals surface area contributed by atoms with Gasteiger partial charge in [0, 0.05) is 29.3 Å². The van der Waals surface area contributed by atoms with Gasteiger partial charge in [0.1, 0.15) is 18.0 Å². The largest absolute Gasteiger partial charge is 0.342 e. The summed E-state index contributed by atoms with van der Waals surface area (Å²) in [5.41, 5.74) is 2.09. The van der Waals surface area contributed by atoms with Crippen LogP contribution in [0.1, 0.15) is 5.56 Å². The molecule has 0 aliphatic rings. The summed E-state index contributed by atoms with van der Waals surface area (Å²) in [7, 11) is 3.86. The fourth-order valence-electron chi connectivity index (χ4n) is 2.65. The number of carbonyl (C=O) groups excluding carboxylic acids is 1. The molecular weight excluding hydrogens is 417 g/mol. The maximum Gasteiger partial charge on any atom is 0.244 e. The van der Waals surface area contributed by atoms with Crippen LogP contribution < -0.4 is 10.6 Å². The number of aromatic nitrogens is 2. The first-order chi connectivity index (χ1) is 14.9. The highest BCUT2D eigenvalue weighted by molar-refractivity contribution is 6.31. The quantitative estimate of drug-likeness (QED) is 0.454. The normalized spacial score (nSPS) is 10.9. The van der Waals surface area contributed by atoms with Crippen LogP contribution in [0.25, 0.3) is 10.9 Å². The van der Waals surface area contributed by atoms with E-state index in [1.807, 2.05) is 37.2 Å². The lowest BCUT2D eigenvalue weighted by atomic mass is 10.1. The first kappa shape index (κ1) is 22.2. The molecule has 0 aliphatic heterocycles. The molecule has 158 valence electrons. The summed E-state index contributed by atoms with van der Waals surface area (Å²) in [4.78, 5) is 22.2. The summed E-state index contributed by atoms with van der Waals surface area (Å²) >= 11 is 5.86. The minimum Gasteiger partial charge on any atom is -0.342 e. The molecule has 31 heavy (non-hydrogen) atoms. The number of nitrogens with zero attached hydrogens (tertiary/aromatic N) is 3. The van der Waals surface area contributed by atoms with Crippen LogP contribution in [0.5, 0.6) is 0 Å². The highest BCUT2D eigenvalue weighted by Crippen LogP contribution is 2.26. The minimum atomic E-state index is -0.488. The zero-order chi connectivity index (χ0) is 22.2. The van der Waals surface area contributed by atoms with Crippen LogP contribution in [0, 0.1) is 17.7 Å². The van der Waals surface area contributed by atoms with Gasteiger partial charge in [-0.2, -0.15) is 0 Å². The first-order valence-corrected chi connectivity index (χ1v) is 9.85. The van der Waals surface area contributed by atoms with Crippen molar-refractivity contribution in [3.63, 3.8) is 0 Å². The van der Waals surface area contributed by atoms with E-state index in [-0.39, 0.29) is 17.5 Å². The maximum absolute atomic E-state index is 13.4. The van der Waals surface area contributed by atoms with Gasteiger partial charge >= 0.3 is 0 Å². The SMILES string of the molecule is CN(C)C/C=C/C(=O)NCC#Cc1ccc2ncnc(Nc3ccc(F)c(Cl)c3)c2c1. The van der Waals surface area contributed by atoms with Gasteiger partial charge in [0.15, 0.2) is 0 Å². The van der Waals surface area contributed by atoms with Crippen LogP contribution in [0.15, 0.2) is 54.9 Å². The van der Waals surface area contributed by atoms with Gasteiger partial charge in [0.2, 0.25) is 5.91 Å². The molecule has 8 heteroatoms. The third kappa shape index (κ3) is 6.51. The van der Waals surface area contributed by atoms with Gasteiger partial charge < -0.3 is 15.5 Å². The third-order valence-corrected chi connectivity index (χ3v) is 4.43. The molecule has 0 aliphatic carbocycles. The van der Waals surface area contributed by atoms with Gasteiger partial charge in [-0.25, -0.2) is 14.4 Å². The third-order valence-electron chi connectivity index (χ3n) is 4.14. The van der Waals surface area contributed by atoms with Crippen molar-refractivity contribution in [2.45, 2.75) is 0 Å². The summed E-state index contributed by atoms with van der Waals surface area (Å²) in [5, 5.41) is 6.63. The zero-order valence-corrected chi connectivity index (χ0v) is 17.9. The first-order valence-electron chi connectivity index (χ1n) is 9.47. The van der Waals surface area contributed by atoms with E-state index in [4.69, 9.17) is 11.6 Å². The molecule has 1 amide bonds. The van der Waals surface area contributed by atoms with Gasteiger partial charge in [-0.05, 0) is 50.5 Å². The highest BCUT2D eigenvalue weighted by Gasteiger charge is 2.07. The summed E-state index contributed by atoms with van der Waals surface area (Å²) in [6.45, 7) is 0.923. The smallest absolute Gasteiger partial charge is 0.244 e. The fourth-order valence-corrected chi connectivity index (χ4v) is 2.83.